The molecule has 0 unspecified atom stereocenters. The van der Waals surface area contributed by atoms with Gasteiger partial charge in [0.05, 0.1) is 5.92 Å². The second kappa shape index (κ2) is 8.41. The van der Waals surface area contributed by atoms with Crippen molar-refractivity contribution >= 4 is 29.7 Å². The normalized spacial score (nSPS) is 23.8. The molecule has 1 saturated carbocycles. The van der Waals surface area contributed by atoms with E-state index in [2.05, 4.69) is 5.32 Å². The van der Waals surface area contributed by atoms with E-state index in [1.54, 1.807) is 0 Å². The Kier molecular flexibility index (Phi) is 6.26. The minimum absolute atomic E-state index is 0.0644. The Balaban J connectivity index is 1.71. The minimum atomic E-state index is -1.19. The molecule has 0 spiro atoms. The molecule has 0 atom stereocenters. The molecule has 25 heavy (non-hydrogen) atoms. The molecule has 2 rings (SSSR count). The average molecular weight is 352 g/mol. The van der Waals surface area contributed by atoms with Gasteiger partial charge in [0.15, 0.2) is 0 Å². The van der Waals surface area contributed by atoms with E-state index >= 15 is 0 Å². The van der Waals surface area contributed by atoms with E-state index in [0.29, 0.717) is 37.3 Å². The molecule has 1 aliphatic carbocycles. The first-order valence-corrected chi connectivity index (χ1v) is 8.13. The highest BCUT2D eigenvalue weighted by molar-refractivity contribution is 6.01. The van der Waals surface area contributed by atoms with Crippen LogP contribution in [0, 0.1) is 11.8 Å². The van der Waals surface area contributed by atoms with Crippen molar-refractivity contribution in [2.75, 3.05) is 6.54 Å². The lowest BCUT2D eigenvalue weighted by Crippen LogP contribution is -2.36. The van der Waals surface area contributed by atoms with E-state index in [-0.39, 0.29) is 24.7 Å². The largest absolute Gasteiger partial charge is 0.478 e. The average Bonchev–Trinajstić information content (AvgIpc) is 2.90. The number of nitrogens with zero attached hydrogens (tertiary/aromatic N) is 1. The number of amides is 3. The third-order valence-electron chi connectivity index (χ3n) is 4.31. The summed E-state index contributed by atoms with van der Waals surface area (Å²) in [6.07, 6.45) is 4.30. The number of imide groups is 1. The zero-order valence-electron chi connectivity index (χ0n) is 13.6. The van der Waals surface area contributed by atoms with Crippen LogP contribution in [-0.2, 0) is 28.8 Å². The number of rotatable bonds is 6. The molecule has 0 aromatic rings. The van der Waals surface area contributed by atoms with E-state index in [9.17, 15) is 24.0 Å². The van der Waals surface area contributed by atoms with Crippen molar-refractivity contribution in [3.05, 3.63) is 12.2 Å². The van der Waals surface area contributed by atoms with Gasteiger partial charge in [-0.3, -0.25) is 14.4 Å². The van der Waals surface area contributed by atoms with Crippen LogP contribution in [-0.4, -0.2) is 46.4 Å². The molecule has 2 aliphatic rings. The van der Waals surface area contributed by atoms with Gasteiger partial charge in [0.25, 0.3) is 11.8 Å². The lowest BCUT2D eigenvalue weighted by molar-refractivity contribution is -0.201. The highest BCUT2D eigenvalue weighted by Gasteiger charge is 2.36. The van der Waals surface area contributed by atoms with Gasteiger partial charge >= 0.3 is 11.9 Å². The molecule has 0 bridgehead atoms. The number of hydroxylamine groups is 2. The van der Waals surface area contributed by atoms with Crippen LogP contribution in [0.1, 0.15) is 38.5 Å². The van der Waals surface area contributed by atoms with E-state index in [1.807, 2.05) is 0 Å². The summed E-state index contributed by atoms with van der Waals surface area (Å²) in [4.78, 5) is 61.6. The molecule has 9 nitrogen and oxygen atoms in total. The first-order chi connectivity index (χ1) is 11.9. The second-order valence-corrected chi connectivity index (χ2v) is 6.13. The van der Waals surface area contributed by atoms with Crippen molar-refractivity contribution < 1.29 is 33.9 Å². The van der Waals surface area contributed by atoms with Gasteiger partial charge in [-0.25, -0.2) is 9.59 Å². The summed E-state index contributed by atoms with van der Waals surface area (Å²) in [7, 11) is 0. The predicted octanol–water partition coefficient (Wildman–Crippen LogP) is 0.157. The SMILES string of the molecule is O=C(O)/C=C\C(=O)NC[C@H]1CC[C@H](C(=O)ON2C(=O)CCC2=O)CC1. The Morgan fingerprint density at radius 3 is 2.24 bits per heavy atom. The Morgan fingerprint density at radius 1 is 1.08 bits per heavy atom. The van der Waals surface area contributed by atoms with Crippen LogP contribution in [0.15, 0.2) is 12.2 Å². The van der Waals surface area contributed by atoms with Crippen molar-refractivity contribution in [1.29, 1.82) is 0 Å². The smallest absolute Gasteiger partial charge is 0.336 e. The molecule has 0 radical (unpaired) electrons. The predicted molar refractivity (Wildman–Crippen MR) is 82.4 cm³/mol. The molecule has 3 amide bonds. The van der Waals surface area contributed by atoms with Crippen molar-refractivity contribution in [3.8, 4) is 0 Å². The quantitative estimate of drug-likeness (QED) is 0.514. The summed E-state index contributed by atoms with van der Waals surface area (Å²) in [6, 6.07) is 0. The summed E-state index contributed by atoms with van der Waals surface area (Å²) in [6.45, 7) is 0.396. The van der Waals surface area contributed by atoms with Gasteiger partial charge in [-0.2, -0.15) is 0 Å². The fraction of sp³-hybridized carbons (Fsp3) is 0.562. The number of carbonyl (C=O) groups excluding carboxylic acids is 4. The highest BCUT2D eigenvalue weighted by Crippen LogP contribution is 2.30. The molecule has 1 aliphatic heterocycles. The maximum absolute atomic E-state index is 12.1. The molecule has 0 aromatic heterocycles. The molecule has 2 N–H and O–H groups in total. The van der Waals surface area contributed by atoms with E-state index < -0.39 is 29.7 Å². The molecular weight excluding hydrogens is 332 g/mol. The van der Waals surface area contributed by atoms with Gasteiger partial charge in [0, 0.05) is 31.5 Å². The van der Waals surface area contributed by atoms with E-state index in [4.69, 9.17) is 9.94 Å². The first kappa shape index (κ1) is 18.6. The molecular formula is C16H20N2O7. The number of aliphatic carboxylic acids is 1. The standard InChI is InChI=1S/C16H20N2O7/c19-12(5-8-15(22)23)17-9-10-1-3-11(4-2-10)16(24)25-18-13(20)6-7-14(18)21/h5,8,10-11H,1-4,6-7,9H2,(H,17,19)(H,22,23)/b8-5-/t10-,11-. The Hall–Kier alpha value is -2.71. The lowest BCUT2D eigenvalue weighted by Gasteiger charge is -2.27. The van der Waals surface area contributed by atoms with E-state index in [0.717, 1.165) is 12.2 Å². The summed E-state index contributed by atoms with van der Waals surface area (Å²) in [5.74, 6) is -3.43. The molecule has 136 valence electrons. The summed E-state index contributed by atoms with van der Waals surface area (Å²) < 4.78 is 0. The Bertz CT molecular complexity index is 590. The van der Waals surface area contributed by atoms with Crippen LogP contribution in [0.5, 0.6) is 0 Å². The van der Waals surface area contributed by atoms with Gasteiger partial charge < -0.3 is 15.3 Å². The van der Waals surface area contributed by atoms with Crippen LogP contribution in [0.25, 0.3) is 0 Å². The maximum Gasteiger partial charge on any atom is 0.336 e. The zero-order valence-corrected chi connectivity index (χ0v) is 13.6. The van der Waals surface area contributed by atoms with Gasteiger partial charge in [-0.15, -0.1) is 5.06 Å². The number of nitrogens with one attached hydrogen (secondary N) is 1. The summed E-state index contributed by atoms with van der Waals surface area (Å²) >= 11 is 0. The molecule has 0 aromatic carbocycles. The zero-order chi connectivity index (χ0) is 18.4. The van der Waals surface area contributed by atoms with Crippen molar-refractivity contribution in [2.45, 2.75) is 38.5 Å². The number of carboxylic acid groups (broad SMARTS) is 1. The minimum Gasteiger partial charge on any atom is -0.478 e. The Morgan fingerprint density at radius 2 is 1.68 bits per heavy atom. The topological polar surface area (TPSA) is 130 Å². The van der Waals surface area contributed by atoms with Crippen LogP contribution in [0.3, 0.4) is 0 Å². The van der Waals surface area contributed by atoms with Crippen LogP contribution < -0.4 is 5.32 Å². The molecule has 1 heterocycles. The number of carbonyl (C=O) groups is 5. The van der Waals surface area contributed by atoms with Gasteiger partial charge in [0.1, 0.15) is 0 Å². The number of hydrogen-bond donors (Lipinski definition) is 2. The lowest BCUT2D eigenvalue weighted by atomic mass is 9.82. The van der Waals surface area contributed by atoms with Gasteiger partial charge in [0.2, 0.25) is 5.91 Å². The Labute approximate surface area is 143 Å². The summed E-state index contributed by atoms with van der Waals surface area (Å²) in [5.41, 5.74) is 0. The van der Waals surface area contributed by atoms with Crippen molar-refractivity contribution in [1.82, 2.24) is 10.4 Å². The monoisotopic (exact) mass is 352 g/mol. The molecule has 1 saturated heterocycles. The van der Waals surface area contributed by atoms with Crippen LogP contribution in [0.2, 0.25) is 0 Å². The fourth-order valence-electron chi connectivity index (χ4n) is 2.88. The number of carboxylic acids is 1. The van der Waals surface area contributed by atoms with Crippen LogP contribution in [0.4, 0.5) is 0 Å². The fourth-order valence-corrected chi connectivity index (χ4v) is 2.88. The molecule has 9 heteroatoms. The first-order valence-electron chi connectivity index (χ1n) is 8.13. The van der Waals surface area contributed by atoms with Gasteiger partial charge in [-0.1, -0.05) is 0 Å². The second-order valence-electron chi connectivity index (χ2n) is 6.13. The van der Waals surface area contributed by atoms with Crippen molar-refractivity contribution in [3.63, 3.8) is 0 Å². The maximum atomic E-state index is 12.1. The third kappa shape index (κ3) is 5.40. The highest BCUT2D eigenvalue weighted by atomic mass is 16.7. The van der Waals surface area contributed by atoms with Crippen LogP contribution >= 0.6 is 0 Å². The third-order valence-corrected chi connectivity index (χ3v) is 4.31. The molecule has 2 fully saturated rings. The van der Waals surface area contributed by atoms with Crippen molar-refractivity contribution in [2.24, 2.45) is 11.8 Å². The van der Waals surface area contributed by atoms with E-state index in [1.165, 1.54) is 0 Å². The number of hydrogen-bond acceptors (Lipinski definition) is 6. The summed E-state index contributed by atoms with van der Waals surface area (Å²) in [5, 5.41) is 11.6. The van der Waals surface area contributed by atoms with Gasteiger partial charge in [-0.05, 0) is 31.6 Å².